The van der Waals surface area contributed by atoms with Gasteiger partial charge in [-0.2, -0.15) is 0 Å². The highest BCUT2D eigenvalue weighted by molar-refractivity contribution is 7.99. The summed E-state index contributed by atoms with van der Waals surface area (Å²) < 4.78 is 3.61. The number of fused-ring (bicyclic) bond motifs is 3. The molecule has 1 aromatic carbocycles. The molecule has 8 heteroatoms. The maximum absolute atomic E-state index is 13.0. The van der Waals surface area contributed by atoms with Crippen molar-refractivity contribution in [1.29, 1.82) is 0 Å². The van der Waals surface area contributed by atoms with E-state index in [1.807, 2.05) is 35.6 Å². The van der Waals surface area contributed by atoms with E-state index in [2.05, 4.69) is 15.5 Å². The average Bonchev–Trinajstić information content (AvgIpc) is 3.22. The summed E-state index contributed by atoms with van der Waals surface area (Å²) in [5.74, 6) is 3.56. The monoisotopic (exact) mass is 465 g/mol. The molecule has 7 nitrogen and oxygen atoms in total. The van der Waals surface area contributed by atoms with E-state index in [4.69, 9.17) is 0 Å². The molecule has 33 heavy (non-hydrogen) atoms. The molecule has 2 heterocycles. The summed E-state index contributed by atoms with van der Waals surface area (Å²) in [7, 11) is 0. The minimum Gasteiger partial charge on any atom is -0.355 e. The van der Waals surface area contributed by atoms with Gasteiger partial charge in [0.05, 0.1) is 16.7 Å². The smallest absolute Gasteiger partial charge is 0.262 e. The van der Waals surface area contributed by atoms with Crippen molar-refractivity contribution in [3.63, 3.8) is 0 Å². The third kappa shape index (κ3) is 3.66. The number of nitrogens with one attached hydrogen (secondary N) is 1. The Bertz CT molecular complexity index is 1240. The van der Waals surface area contributed by atoms with E-state index in [9.17, 15) is 9.59 Å². The van der Waals surface area contributed by atoms with Crippen molar-refractivity contribution in [3.8, 4) is 0 Å². The van der Waals surface area contributed by atoms with E-state index < -0.39 is 0 Å². The molecule has 0 radical (unpaired) electrons. The maximum Gasteiger partial charge on any atom is 0.262 e. The van der Waals surface area contributed by atoms with Crippen LogP contribution in [0.3, 0.4) is 0 Å². The Kier molecular flexibility index (Phi) is 5.24. The second-order valence-electron chi connectivity index (χ2n) is 10.6. The Morgan fingerprint density at radius 1 is 1.12 bits per heavy atom. The van der Waals surface area contributed by atoms with Gasteiger partial charge in [-0.1, -0.05) is 30.8 Å². The van der Waals surface area contributed by atoms with Gasteiger partial charge in [-0.05, 0) is 80.2 Å². The van der Waals surface area contributed by atoms with Crippen LogP contribution in [0.2, 0.25) is 0 Å². The van der Waals surface area contributed by atoms with E-state index >= 15 is 0 Å². The second-order valence-corrected chi connectivity index (χ2v) is 11.5. The lowest BCUT2D eigenvalue weighted by atomic mass is 9.49. The molecular formula is C25H31N5O2S. The van der Waals surface area contributed by atoms with Crippen LogP contribution in [0.25, 0.3) is 16.7 Å². The Labute approximate surface area is 197 Å². The highest BCUT2D eigenvalue weighted by Gasteiger charge is 2.50. The summed E-state index contributed by atoms with van der Waals surface area (Å²) in [6.07, 6.45) is 8.96. The predicted octanol–water partition coefficient (Wildman–Crippen LogP) is 3.88. The third-order valence-corrected chi connectivity index (χ3v) is 9.01. The zero-order valence-electron chi connectivity index (χ0n) is 19.1. The lowest BCUT2D eigenvalue weighted by Crippen LogP contribution is -2.51. The van der Waals surface area contributed by atoms with E-state index in [-0.39, 0.29) is 11.5 Å². The molecule has 4 fully saturated rings. The zero-order valence-corrected chi connectivity index (χ0v) is 19.9. The summed E-state index contributed by atoms with van der Waals surface area (Å²) in [4.78, 5) is 25.8. The first-order valence-electron chi connectivity index (χ1n) is 12.3. The Hall–Kier alpha value is -2.35. The number of benzene rings is 1. The number of para-hydroxylation sites is 1. The normalized spacial score (nSPS) is 28.1. The van der Waals surface area contributed by atoms with E-state index in [0.717, 1.165) is 36.2 Å². The van der Waals surface area contributed by atoms with Crippen LogP contribution in [-0.4, -0.2) is 37.4 Å². The molecule has 3 aromatic rings. The summed E-state index contributed by atoms with van der Waals surface area (Å²) in [6.45, 7) is 3.44. The van der Waals surface area contributed by atoms with Crippen LogP contribution in [0.15, 0.2) is 34.2 Å². The van der Waals surface area contributed by atoms with E-state index in [1.165, 1.54) is 50.3 Å². The summed E-state index contributed by atoms with van der Waals surface area (Å²) in [6, 6.07) is 7.55. The Morgan fingerprint density at radius 2 is 1.82 bits per heavy atom. The SMILES string of the molecule is CCCn1c(=O)c2ccccc2n2c(SCC(=O)NCC34CC5CC(CC(C5)C3)C4)nnc12. The van der Waals surface area contributed by atoms with Crippen LogP contribution in [0.5, 0.6) is 0 Å². The van der Waals surface area contributed by atoms with Crippen molar-refractivity contribution in [3.05, 3.63) is 34.6 Å². The quantitative estimate of drug-likeness (QED) is 0.536. The molecule has 174 valence electrons. The molecule has 4 bridgehead atoms. The van der Waals surface area contributed by atoms with Crippen LogP contribution in [-0.2, 0) is 11.3 Å². The lowest BCUT2D eigenvalue weighted by Gasteiger charge is -2.56. The fourth-order valence-corrected chi connectivity index (χ4v) is 8.00. The summed E-state index contributed by atoms with van der Waals surface area (Å²) >= 11 is 1.39. The van der Waals surface area contributed by atoms with Crippen LogP contribution in [0.1, 0.15) is 51.9 Å². The van der Waals surface area contributed by atoms with Crippen LogP contribution < -0.4 is 10.9 Å². The van der Waals surface area contributed by atoms with Gasteiger partial charge in [0.25, 0.3) is 5.56 Å². The number of hydrogen-bond donors (Lipinski definition) is 1. The first kappa shape index (κ1) is 21.2. The highest BCUT2D eigenvalue weighted by atomic mass is 32.2. The number of aromatic nitrogens is 4. The zero-order chi connectivity index (χ0) is 22.6. The van der Waals surface area contributed by atoms with Crippen LogP contribution in [0.4, 0.5) is 0 Å². The third-order valence-electron chi connectivity index (χ3n) is 8.08. The fourth-order valence-electron chi connectivity index (χ4n) is 7.23. The number of carbonyl (C=O) groups excluding carboxylic acids is 1. The number of rotatable bonds is 7. The molecule has 7 rings (SSSR count). The molecule has 0 spiro atoms. The molecule has 2 aromatic heterocycles. The molecule has 4 aliphatic carbocycles. The van der Waals surface area contributed by atoms with Crippen molar-refractivity contribution in [2.45, 2.75) is 63.6 Å². The maximum atomic E-state index is 13.0. The second kappa shape index (κ2) is 8.15. The molecule has 0 aliphatic heterocycles. The summed E-state index contributed by atoms with van der Waals surface area (Å²) in [5, 5.41) is 13.2. The van der Waals surface area contributed by atoms with E-state index in [1.54, 1.807) is 4.57 Å². The van der Waals surface area contributed by atoms with Gasteiger partial charge in [0.1, 0.15) is 0 Å². The van der Waals surface area contributed by atoms with Gasteiger partial charge in [0.15, 0.2) is 5.16 Å². The first-order valence-corrected chi connectivity index (χ1v) is 13.3. The van der Waals surface area contributed by atoms with Gasteiger partial charge < -0.3 is 5.32 Å². The first-order chi connectivity index (χ1) is 16.0. The number of carbonyl (C=O) groups is 1. The number of thioether (sulfide) groups is 1. The Morgan fingerprint density at radius 3 is 2.52 bits per heavy atom. The average molecular weight is 466 g/mol. The molecule has 4 saturated carbocycles. The lowest BCUT2D eigenvalue weighted by molar-refractivity contribution is -0.120. The molecule has 1 amide bonds. The predicted molar refractivity (Wildman–Crippen MR) is 129 cm³/mol. The molecule has 0 atom stereocenters. The number of aryl methyl sites for hydroxylation is 1. The minimum atomic E-state index is -0.0442. The Balaban J connectivity index is 1.19. The highest BCUT2D eigenvalue weighted by Crippen LogP contribution is 2.59. The van der Waals surface area contributed by atoms with Gasteiger partial charge in [0.2, 0.25) is 11.7 Å². The topological polar surface area (TPSA) is 81.3 Å². The van der Waals surface area contributed by atoms with Gasteiger partial charge in [-0.25, -0.2) is 0 Å². The van der Waals surface area contributed by atoms with Crippen molar-refractivity contribution < 1.29 is 4.79 Å². The van der Waals surface area contributed by atoms with Crippen molar-refractivity contribution >= 4 is 34.3 Å². The van der Waals surface area contributed by atoms with Crippen LogP contribution in [0, 0.1) is 23.2 Å². The molecule has 0 unspecified atom stereocenters. The molecule has 4 aliphatic rings. The standard InChI is InChI=1S/C25H31N5O2S/c1-2-7-29-22(32)19-5-3-4-6-20(19)30-23(29)27-28-24(30)33-14-21(31)26-15-25-11-16-8-17(12-25)10-18(9-16)13-25/h3-6,16-18H,2,7-15H2,1H3,(H,26,31). The van der Waals surface area contributed by atoms with E-state index in [0.29, 0.717) is 34.0 Å². The number of amides is 1. The molecule has 1 N–H and O–H groups in total. The van der Waals surface area contributed by atoms with Crippen molar-refractivity contribution in [1.82, 2.24) is 24.5 Å². The largest absolute Gasteiger partial charge is 0.355 e. The van der Waals surface area contributed by atoms with Gasteiger partial charge in [-0.3, -0.25) is 18.6 Å². The van der Waals surface area contributed by atoms with Gasteiger partial charge >= 0.3 is 0 Å². The van der Waals surface area contributed by atoms with Gasteiger partial charge in [0, 0.05) is 13.1 Å². The number of nitrogens with zero attached hydrogens (tertiary/aromatic N) is 4. The number of hydrogen-bond acceptors (Lipinski definition) is 5. The van der Waals surface area contributed by atoms with Crippen molar-refractivity contribution in [2.24, 2.45) is 23.2 Å². The molecular weight excluding hydrogens is 434 g/mol. The molecule has 0 saturated heterocycles. The van der Waals surface area contributed by atoms with Gasteiger partial charge in [-0.15, -0.1) is 10.2 Å². The fraction of sp³-hybridized carbons (Fsp3) is 0.600. The van der Waals surface area contributed by atoms with Crippen LogP contribution >= 0.6 is 11.8 Å². The van der Waals surface area contributed by atoms with Crippen molar-refractivity contribution in [2.75, 3.05) is 12.3 Å². The summed E-state index contributed by atoms with van der Waals surface area (Å²) in [5.41, 5.74) is 1.08. The minimum absolute atomic E-state index is 0.0442.